The number of likely N-dealkylation sites (tertiary alicyclic amines) is 1. The fourth-order valence-corrected chi connectivity index (χ4v) is 2.21. The molecule has 1 N–H and O–H groups in total. The van der Waals surface area contributed by atoms with E-state index in [4.69, 9.17) is 9.52 Å². The second kappa shape index (κ2) is 4.06. The Morgan fingerprint density at radius 1 is 1.73 bits per heavy atom. The van der Waals surface area contributed by atoms with Gasteiger partial charge in [-0.1, -0.05) is 0 Å². The highest BCUT2D eigenvalue weighted by Gasteiger charge is 2.34. The molecule has 1 fully saturated rings. The highest BCUT2D eigenvalue weighted by Crippen LogP contribution is 2.29. The van der Waals surface area contributed by atoms with Gasteiger partial charge in [0.15, 0.2) is 0 Å². The van der Waals surface area contributed by atoms with Crippen molar-refractivity contribution in [2.45, 2.75) is 31.8 Å². The van der Waals surface area contributed by atoms with E-state index in [0.717, 1.165) is 25.1 Å². The number of nitrogens with zero attached hydrogens (tertiary/aromatic N) is 1. The van der Waals surface area contributed by atoms with Crippen LogP contribution >= 0.6 is 0 Å². The van der Waals surface area contributed by atoms with Crippen LogP contribution in [0.5, 0.6) is 0 Å². The van der Waals surface area contributed by atoms with Crippen LogP contribution in [0.25, 0.3) is 0 Å². The van der Waals surface area contributed by atoms with Gasteiger partial charge in [0.05, 0.1) is 12.3 Å². The van der Waals surface area contributed by atoms with Crippen molar-refractivity contribution in [3.8, 4) is 0 Å². The Kier molecular flexibility index (Phi) is 2.77. The first-order valence-electron chi connectivity index (χ1n) is 5.22. The van der Waals surface area contributed by atoms with Crippen LogP contribution in [-0.4, -0.2) is 28.6 Å². The Labute approximate surface area is 88.5 Å². The van der Waals surface area contributed by atoms with Gasteiger partial charge in [-0.05, 0) is 38.4 Å². The molecule has 2 rings (SSSR count). The van der Waals surface area contributed by atoms with Crippen LogP contribution in [-0.2, 0) is 4.79 Å². The zero-order chi connectivity index (χ0) is 10.8. The molecule has 0 aromatic carbocycles. The van der Waals surface area contributed by atoms with Crippen molar-refractivity contribution < 1.29 is 14.3 Å². The lowest BCUT2D eigenvalue weighted by Crippen LogP contribution is -2.37. The smallest absolute Gasteiger partial charge is 0.320 e. The van der Waals surface area contributed by atoms with Crippen molar-refractivity contribution in [1.29, 1.82) is 0 Å². The zero-order valence-electron chi connectivity index (χ0n) is 8.72. The molecular formula is C11H15NO3. The van der Waals surface area contributed by atoms with E-state index in [1.165, 1.54) is 0 Å². The van der Waals surface area contributed by atoms with Crippen LogP contribution in [0, 0.1) is 0 Å². The summed E-state index contributed by atoms with van der Waals surface area (Å²) in [6.45, 7) is 2.82. The summed E-state index contributed by atoms with van der Waals surface area (Å²) in [7, 11) is 0. The molecule has 1 aromatic heterocycles. The number of hydrogen-bond acceptors (Lipinski definition) is 3. The quantitative estimate of drug-likeness (QED) is 0.825. The van der Waals surface area contributed by atoms with Crippen LogP contribution < -0.4 is 0 Å². The van der Waals surface area contributed by atoms with Crippen molar-refractivity contribution in [1.82, 2.24) is 4.90 Å². The predicted octanol–water partition coefficient (Wildman–Crippen LogP) is 1.89. The summed E-state index contributed by atoms with van der Waals surface area (Å²) >= 11 is 0. The largest absolute Gasteiger partial charge is 0.480 e. The van der Waals surface area contributed by atoms with Gasteiger partial charge in [-0.2, -0.15) is 0 Å². The molecule has 0 bridgehead atoms. The van der Waals surface area contributed by atoms with Gasteiger partial charge in [-0.3, -0.25) is 9.69 Å². The summed E-state index contributed by atoms with van der Waals surface area (Å²) in [6.07, 6.45) is 3.31. The Morgan fingerprint density at radius 3 is 3.13 bits per heavy atom. The lowest BCUT2D eigenvalue weighted by molar-refractivity contribution is -0.143. The first kappa shape index (κ1) is 10.2. The third-order valence-corrected chi connectivity index (χ3v) is 3.03. The van der Waals surface area contributed by atoms with Gasteiger partial charge in [0, 0.05) is 0 Å². The molecule has 15 heavy (non-hydrogen) atoms. The fraction of sp³-hybridized carbons (Fsp3) is 0.545. The number of carboxylic acid groups (broad SMARTS) is 1. The summed E-state index contributed by atoms with van der Waals surface area (Å²) in [5.41, 5.74) is 0. The summed E-state index contributed by atoms with van der Waals surface area (Å²) in [4.78, 5) is 13.0. The molecule has 1 aliphatic heterocycles. The van der Waals surface area contributed by atoms with E-state index in [2.05, 4.69) is 0 Å². The molecule has 2 heterocycles. The van der Waals surface area contributed by atoms with Gasteiger partial charge in [0.25, 0.3) is 0 Å². The molecule has 1 aromatic rings. The molecule has 82 valence electrons. The molecule has 0 aliphatic carbocycles. The minimum atomic E-state index is -0.731. The molecule has 1 saturated heterocycles. The third kappa shape index (κ3) is 1.90. The third-order valence-electron chi connectivity index (χ3n) is 3.03. The molecule has 1 aliphatic rings. The predicted molar refractivity (Wildman–Crippen MR) is 54.5 cm³/mol. The van der Waals surface area contributed by atoms with Crippen molar-refractivity contribution in [2.75, 3.05) is 6.54 Å². The molecule has 4 nitrogen and oxygen atoms in total. The van der Waals surface area contributed by atoms with E-state index in [1.807, 2.05) is 24.0 Å². The first-order valence-corrected chi connectivity index (χ1v) is 5.22. The Hall–Kier alpha value is -1.29. The van der Waals surface area contributed by atoms with Gasteiger partial charge < -0.3 is 9.52 Å². The normalized spacial score (nSPS) is 24.2. The van der Waals surface area contributed by atoms with E-state index >= 15 is 0 Å². The molecule has 0 radical (unpaired) electrons. The van der Waals surface area contributed by atoms with Crippen LogP contribution in [0.15, 0.2) is 22.8 Å². The van der Waals surface area contributed by atoms with Gasteiger partial charge in [-0.15, -0.1) is 0 Å². The highest BCUT2D eigenvalue weighted by molar-refractivity contribution is 5.73. The van der Waals surface area contributed by atoms with Gasteiger partial charge in [0.2, 0.25) is 0 Å². The van der Waals surface area contributed by atoms with E-state index in [1.54, 1.807) is 6.26 Å². The number of carboxylic acids is 1. The minimum absolute atomic E-state index is 0.0450. The van der Waals surface area contributed by atoms with Crippen molar-refractivity contribution in [3.63, 3.8) is 0 Å². The maximum Gasteiger partial charge on any atom is 0.320 e. The Bertz CT molecular complexity index is 334. The number of rotatable bonds is 3. The Balaban J connectivity index is 2.13. The average molecular weight is 209 g/mol. The molecule has 0 amide bonds. The standard InChI is InChI=1S/C11H15NO3/c1-8(10-5-3-7-15-10)12-6-2-4-9(12)11(13)14/h3,5,7-9H,2,4,6H2,1H3,(H,13,14)/t8?,9-/m0/s1. The van der Waals surface area contributed by atoms with E-state index in [-0.39, 0.29) is 12.1 Å². The monoisotopic (exact) mass is 209 g/mol. The number of furan rings is 1. The van der Waals surface area contributed by atoms with E-state index in [0.29, 0.717) is 0 Å². The van der Waals surface area contributed by atoms with Crippen LogP contribution in [0.3, 0.4) is 0 Å². The van der Waals surface area contributed by atoms with Crippen molar-refractivity contribution in [3.05, 3.63) is 24.2 Å². The fourth-order valence-electron chi connectivity index (χ4n) is 2.21. The highest BCUT2D eigenvalue weighted by atomic mass is 16.4. The SMILES string of the molecule is CC(c1ccco1)N1CCC[C@H]1C(=O)O. The van der Waals surface area contributed by atoms with Crippen molar-refractivity contribution in [2.24, 2.45) is 0 Å². The topological polar surface area (TPSA) is 53.7 Å². The maximum absolute atomic E-state index is 11.0. The van der Waals surface area contributed by atoms with Gasteiger partial charge in [-0.25, -0.2) is 0 Å². The summed E-state index contributed by atoms with van der Waals surface area (Å²) in [6, 6.07) is 3.41. The number of hydrogen-bond donors (Lipinski definition) is 1. The number of carbonyl (C=O) groups is 1. The molecule has 2 atom stereocenters. The van der Waals surface area contributed by atoms with Gasteiger partial charge >= 0.3 is 5.97 Å². The summed E-state index contributed by atoms with van der Waals surface area (Å²) in [5, 5.41) is 9.06. The first-order chi connectivity index (χ1) is 7.20. The van der Waals surface area contributed by atoms with Crippen LogP contribution in [0.1, 0.15) is 31.6 Å². The molecule has 0 spiro atoms. The molecule has 0 saturated carbocycles. The molecule has 1 unspecified atom stereocenters. The number of aliphatic carboxylic acids is 1. The van der Waals surface area contributed by atoms with E-state index < -0.39 is 5.97 Å². The summed E-state index contributed by atoms with van der Waals surface area (Å²) < 4.78 is 5.30. The average Bonchev–Trinajstić information content (AvgIpc) is 2.88. The summed E-state index contributed by atoms with van der Waals surface area (Å²) in [5.74, 6) is 0.106. The van der Waals surface area contributed by atoms with Crippen molar-refractivity contribution >= 4 is 5.97 Å². The lowest BCUT2D eigenvalue weighted by atomic mass is 10.1. The van der Waals surface area contributed by atoms with E-state index in [9.17, 15) is 4.79 Å². The van der Waals surface area contributed by atoms with Crippen LogP contribution in [0.2, 0.25) is 0 Å². The van der Waals surface area contributed by atoms with Crippen LogP contribution in [0.4, 0.5) is 0 Å². The molecular weight excluding hydrogens is 194 g/mol. The zero-order valence-corrected chi connectivity index (χ0v) is 8.72. The maximum atomic E-state index is 11.0. The molecule has 4 heteroatoms. The lowest BCUT2D eigenvalue weighted by Gasteiger charge is -2.26. The van der Waals surface area contributed by atoms with Gasteiger partial charge in [0.1, 0.15) is 11.8 Å². The Morgan fingerprint density at radius 2 is 2.53 bits per heavy atom. The second-order valence-corrected chi connectivity index (χ2v) is 3.93. The minimum Gasteiger partial charge on any atom is -0.480 e. The second-order valence-electron chi connectivity index (χ2n) is 3.93.